The van der Waals surface area contributed by atoms with Crippen molar-refractivity contribution in [3.8, 4) is 0 Å². The van der Waals surface area contributed by atoms with Crippen LogP contribution in [0.1, 0.15) is 17.3 Å². The maximum atomic E-state index is 12.2. The lowest BCUT2D eigenvalue weighted by atomic mass is 10.1. The van der Waals surface area contributed by atoms with Crippen molar-refractivity contribution in [2.24, 2.45) is 0 Å². The molecule has 0 saturated carbocycles. The maximum absolute atomic E-state index is 12.2. The van der Waals surface area contributed by atoms with Gasteiger partial charge in [-0.15, -0.1) is 0 Å². The van der Waals surface area contributed by atoms with Crippen LogP contribution in [0.15, 0.2) is 18.2 Å². The Morgan fingerprint density at radius 3 is 2.65 bits per heavy atom. The van der Waals surface area contributed by atoms with E-state index in [-0.39, 0.29) is 11.3 Å². The molecule has 5 N–H and O–H groups in total. The second kappa shape index (κ2) is 6.47. The van der Waals surface area contributed by atoms with Crippen molar-refractivity contribution in [2.45, 2.75) is 19.2 Å². The number of aliphatic hydroxyl groups is 1. The molecule has 1 aromatic rings. The number of anilines is 2. The van der Waals surface area contributed by atoms with Gasteiger partial charge in [0.2, 0.25) is 0 Å². The molecular weight excluding hydrogens is 275 g/mol. The Morgan fingerprint density at radius 1 is 1.45 bits per heavy atom. The second-order valence-corrected chi connectivity index (χ2v) is 4.10. The lowest BCUT2D eigenvalue weighted by Gasteiger charge is -2.17. The number of hydrogen-bond donors (Lipinski definition) is 4. The van der Waals surface area contributed by atoms with Crippen LogP contribution in [0.4, 0.5) is 24.5 Å². The molecule has 1 aromatic carbocycles. The summed E-state index contributed by atoms with van der Waals surface area (Å²) in [4.78, 5) is 11.7. The first-order valence-corrected chi connectivity index (χ1v) is 5.92. The van der Waals surface area contributed by atoms with Gasteiger partial charge < -0.3 is 21.5 Å². The van der Waals surface area contributed by atoms with Crippen LogP contribution >= 0.6 is 0 Å². The number of aliphatic hydroxyl groups excluding tert-OH is 1. The van der Waals surface area contributed by atoms with Crippen LogP contribution in [0.25, 0.3) is 0 Å². The molecule has 0 aliphatic rings. The summed E-state index contributed by atoms with van der Waals surface area (Å²) in [7, 11) is 0. The number of hydrogen-bond acceptors (Lipinski definition) is 4. The third kappa shape index (κ3) is 4.30. The lowest BCUT2D eigenvalue weighted by Crippen LogP contribution is -2.35. The summed E-state index contributed by atoms with van der Waals surface area (Å²) < 4.78 is 36.7. The number of nitrogen functional groups attached to an aromatic ring is 1. The van der Waals surface area contributed by atoms with Crippen molar-refractivity contribution >= 4 is 17.3 Å². The smallest absolute Gasteiger partial charge is 0.399 e. The molecule has 0 heterocycles. The third-order valence-corrected chi connectivity index (χ3v) is 2.49. The Labute approximate surface area is 114 Å². The topological polar surface area (TPSA) is 87.4 Å². The predicted octanol–water partition coefficient (Wildman–Crippen LogP) is 1.35. The molecule has 1 unspecified atom stereocenters. The van der Waals surface area contributed by atoms with Gasteiger partial charge in [-0.1, -0.05) is 0 Å². The molecule has 5 nitrogen and oxygen atoms in total. The summed E-state index contributed by atoms with van der Waals surface area (Å²) in [6, 6.07) is 4.21. The number of nitrogens with one attached hydrogen (secondary N) is 2. The van der Waals surface area contributed by atoms with Gasteiger partial charge in [0.1, 0.15) is 0 Å². The highest BCUT2D eigenvalue weighted by Crippen LogP contribution is 2.23. The third-order valence-electron chi connectivity index (χ3n) is 2.49. The largest absolute Gasteiger partial charge is 0.416 e. The molecule has 0 radical (unpaired) electrons. The molecule has 1 rings (SSSR count). The molecule has 0 spiro atoms. The Balaban J connectivity index is 2.88. The molecule has 20 heavy (non-hydrogen) atoms. The number of alkyl halides is 3. The zero-order valence-electron chi connectivity index (χ0n) is 10.8. The van der Waals surface area contributed by atoms with E-state index in [9.17, 15) is 18.0 Å². The quantitative estimate of drug-likeness (QED) is 0.617. The number of benzene rings is 1. The summed E-state index contributed by atoms with van der Waals surface area (Å²) in [5.74, 6) is -0.434. The van der Waals surface area contributed by atoms with Gasteiger partial charge in [-0.3, -0.25) is 4.79 Å². The summed E-state index contributed by atoms with van der Waals surface area (Å²) in [6.07, 6.45) is -7.25. The number of rotatable bonds is 5. The van der Waals surface area contributed by atoms with E-state index >= 15 is 0 Å². The van der Waals surface area contributed by atoms with Crippen molar-refractivity contribution in [3.05, 3.63) is 23.8 Å². The van der Waals surface area contributed by atoms with Crippen LogP contribution in [0, 0.1) is 0 Å². The van der Waals surface area contributed by atoms with Gasteiger partial charge in [0.25, 0.3) is 5.91 Å². The summed E-state index contributed by atoms with van der Waals surface area (Å²) in [6.45, 7) is 1.34. The fraction of sp³-hybridized carbons (Fsp3) is 0.417. The molecule has 0 aliphatic heterocycles. The number of halogens is 3. The zero-order valence-corrected chi connectivity index (χ0v) is 10.8. The summed E-state index contributed by atoms with van der Waals surface area (Å²) in [5, 5.41) is 13.9. The minimum Gasteiger partial charge on any atom is -0.399 e. The van der Waals surface area contributed by atoms with Gasteiger partial charge in [-0.25, -0.2) is 0 Å². The SMILES string of the molecule is CCNC(=O)c1ccc(N)cc1NCC(O)C(F)(F)F. The minimum atomic E-state index is -4.72. The van der Waals surface area contributed by atoms with E-state index in [1.54, 1.807) is 6.92 Å². The first kappa shape index (κ1) is 16.1. The van der Waals surface area contributed by atoms with E-state index in [1.165, 1.54) is 18.2 Å². The standard InChI is InChI=1S/C12H16F3N3O2/c1-2-17-11(20)8-4-3-7(16)5-9(8)18-6-10(19)12(13,14)15/h3-5,10,18-19H,2,6,16H2,1H3,(H,17,20). The average Bonchev–Trinajstić information content (AvgIpc) is 2.35. The van der Waals surface area contributed by atoms with Gasteiger partial charge >= 0.3 is 6.18 Å². The van der Waals surface area contributed by atoms with Gasteiger partial charge in [-0.2, -0.15) is 13.2 Å². The highest BCUT2D eigenvalue weighted by atomic mass is 19.4. The number of nitrogens with two attached hydrogens (primary N) is 1. The van der Waals surface area contributed by atoms with Crippen LogP contribution in [-0.2, 0) is 0 Å². The van der Waals surface area contributed by atoms with Crippen LogP contribution in [0.2, 0.25) is 0 Å². The number of amides is 1. The fourth-order valence-electron chi connectivity index (χ4n) is 1.48. The average molecular weight is 291 g/mol. The fourth-order valence-corrected chi connectivity index (χ4v) is 1.48. The molecule has 0 aliphatic carbocycles. The molecule has 112 valence electrons. The van der Waals surface area contributed by atoms with E-state index in [0.717, 1.165) is 0 Å². The Hall–Kier alpha value is -1.96. The monoisotopic (exact) mass is 291 g/mol. The molecule has 1 atom stereocenters. The number of carbonyl (C=O) groups excluding carboxylic acids is 1. The van der Waals surface area contributed by atoms with E-state index in [4.69, 9.17) is 10.8 Å². The highest BCUT2D eigenvalue weighted by Gasteiger charge is 2.37. The van der Waals surface area contributed by atoms with E-state index in [2.05, 4.69) is 10.6 Å². The lowest BCUT2D eigenvalue weighted by molar-refractivity contribution is -0.198. The minimum absolute atomic E-state index is 0.138. The van der Waals surface area contributed by atoms with Crippen LogP contribution < -0.4 is 16.4 Å². The van der Waals surface area contributed by atoms with E-state index in [0.29, 0.717) is 12.2 Å². The molecule has 1 amide bonds. The van der Waals surface area contributed by atoms with Crippen molar-refractivity contribution in [2.75, 3.05) is 24.1 Å². The van der Waals surface area contributed by atoms with Crippen molar-refractivity contribution in [3.63, 3.8) is 0 Å². The molecule has 0 bridgehead atoms. The van der Waals surface area contributed by atoms with Crippen LogP contribution in [0.5, 0.6) is 0 Å². The maximum Gasteiger partial charge on any atom is 0.416 e. The normalized spacial score (nSPS) is 12.8. The zero-order chi connectivity index (χ0) is 15.3. The molecule has 0 saturated heterocycles. The Bertz CT molecular complexity index is 478. The summed E-state index contributed by atoms with van der Waals surface area (Å²) >= 11 is 0. The van der Waals surface area contributed by atoms with Gasteiger partial charge in [0.15, 0.2) is 6.10 Å². The van der Waals surface area contributed by atoms with E-state index < -0.39 is 24.7 Å². The van der Waals surface area contributed by atoms with Crippen LogP contribution in [0.3, 0.4) is 0 Å². The van der Waals surface area contributed by atoms with Gasteiger partial charge in [-0.05, 0) is 25.1 Å². The predicted molar refractivity (Wildman–Crippen MR) is 69.4 cm³/mol. The van der Waals surface area contributed by atoms with Crippen molar-refractivity contribution < 1.29 is 23.1 Å². The molecular formula is C12H16F3N3O2. The molecule has 8 heteroatoms. The van der Waals surface area contributed by atoms with E-state index in [1.807, 2.05) is 0 Å². The molecule has 0 fully saturated rings. The van der Waals surface area contributed by atoms with Crippen molar-refractivity contribution in [1.82, 2.24) is 5.32 Å². The Kier molecular flexibility index (Phi) is 5.20. The second-order valence-electron chi connectivity index (χ2n) is 4.10. The Morgan fingerprint density at radius 2 is 2.10 bits per heavy atom. The van der Waals surface area contributed by atoms with Crippen LogP contribution in [-0.4, -0.2) is 36.4 Å². The molecule has 0 aromatic heterocycles. The van der Waals surface area contributed by atoms with Gasteiger partial charge in [0.05, 0.1) is 5.56 Å². The summed E-state index contributed by atoms with van der Waals surface area (Å²) in [5.41, 5.74) is 6.13. The number of carbonyl (C=O) groups is 1. The highest BCUT2D eigenvalue weighted by molar-refractivity contribution is 6.00. The first-order valence-electron chi connectivity index (χ1n) is 5.92. The van der Waals surface area contributed by atoms with Crippen molar-refractivity contribution in [1.29, 1.82) is 0 Å². The first-order chi connectivity index (χ1) is 9.25. The van der Waals surface area contributed by atoms with Gasteiger partial charge in [0, 0.05) is 24.5 Å².